The SMILES string of the molecule is COC(=O)C(=CCl)SC. The molecule has 0 atom stereocenters. The number of methoxy groups -OCH3 is 1. The summed E-state index contributed by atoms with van der Waals surface area (Å²) >= 11 is 6.51. The molecule has 4 heteroatoms. The first-order chi connectivity index (χ1) is 4.26. The number of thioether (sulfide) groups is 1. The number of ether oxygens (including phenoxy) is 1. The van der Waals surface area contributed by atoms with Crippen LogP contribution in [0.25, 0.3) is 0 Å². The highest BCUT2D eigenvalue weighted by Crippen LogP contribution is 2.13. The summed E-state index contributed by atoms with van der Waals surface area (Å²) in [5.41, 5.74) is 1.20. The summed E-state index contributed by atoms with van der Waals surface area (Å²) in [6.45, 7) is 0. The summed E-state index contributed by atoms with van der Waals surface area (Å²) in [7, 11) is 1.32. The molecule has 0 aliphatic heterocycles. The zero-order valence-electron chi connectivity index (χ0n) is 5.18. The van der Waals surface area contributed by atoms with Crippen LogP contribution in [0.1, 0.15) is 0 Å². The van der Waals surface area contributed by atoms with Gasteiger partial charge < -0.3 is 4.74 Å². The molecule has 0 aromatic carbocycles. The summed E-state index contributed by atoms with van der Waals surface area (Å²) in [5, 5.41) is 0. The second-order valence-electron chi connectivity index (χ2n) is 1.17. The monoisotopic (exact) mass is 166 g/mol. The van der Waals surface area contributed by atoms with E-state index in [1.165, 1.54) is 24.4 Å². The third-order valence-electron chi connectivity index (χ3n) is 0.706. The van der Waals surface area contributed by atoms with Crippen molar-refractivity contribution in [2.24, 2.45) is 0 Å². The zero-order valence-corrected chi connectivity index (χ0v) is 6.75. The van der Waals surface area contributed by atoms with E-state index in [1.54, 1.807) is 6.26 Å². The highest BCUT2D eigenvalue weighted by atomic mass is 35.5. The average Bonchev–Trinajstić information content (AvgIpc) is 1.90. The normalized spacial score (nSPS) is 11.2. The fourth-order valence-electron chi connectivity index (χ4n) is 0.273. The van der Waals surface area contributed by atoms with Crippen LogP contribution in [0.2, 0.25) is 0 Å². The van der Waals surface area contributed by atoms with Crippen LogP contribution in [0.3, 0.4) is 0 Å². The molecule has 0 aliphatic rings. The van der Waals surface area contributed by atoms with Crippen molar-refractivity contribution in [3.05, 3.63) is 10.4 Å². The first kappa shape index (κ1) is 8.85. The maximum atomic E-state index is 10.6. The van der Waals surface area contributed by atoms with Gasteiger partial charge in [0.25, 0.3) is 0 Å². The Bertz CT molecular complexity index is 133. The average molecular weight is 167 g/mol. The molecule has 0 bridgehead atoms. The maximum Gasteiger partial charge on any atom is 0.345 e. The minimum Gasteiger partial charge on any atom is -0.465 e. The van der Waals surface area contributed by atoms with E-state index in [0.29, 0.717) is 4.91 Å². The molecule has 2 nitrogen and oxygen atoms in total. The van der Waals surface area contributed by atoms with Gasteiger partial charge in [0.1, 0.15) is 4.91 Å². The molecule has 0 saturated heterocycles. The van der Waals surface area contributed by atoms with Crippen molar-refractivity contribution in [2.45, 2.75) is 0 Å². The molecule has 0 heterocycles. The molecule has 0 N–H and O–H groups in total. The van der Waals surface area contributed by atoms with Crippen LogP contribution < -0.4 is 0 Å². The van der Waals surface area contributed by atoms with Crippen LogP contribution >= 0.6 is 23.4 Å². The molecule has 0 saturated carbocycles. The van der Waals surface area contributed by atoms with Gasteiger partial charge in [-0.15, -0.1) is 11.8 Å². The topological polar surface area (TPSA) is 26.3 Å². The van der Waals surface area contributed by atoms with E-state index in [9.17, 15) is 4.79 Å². The van der Waals surface area contributed by atoms with Crippen molar-refractivity contribution < 1.29 is 9.53 Å². The molecule has 52 valence electrons. The van der Waals surface area contributed by atoms with E-state index in [4.69, 9.17) is 11.6 Å². The Hall–Kier alpha value is -0.150. The van der Waals surface area contributed by atoms with E-state index in [-0.39, 0.29) is 0 Å². The number of carbonyl (C=O) groups excluding carboxylic acids is 1. The molecule has 0 aliphatic carbocycles. The van der Waals surface area contributed by atoms with Crippen LogP contribution in [-0.4, -0.2) is 19.3 Å². The van der Waals surface area contributed by atoms with Crippen molar-refractivity contribution in [2.75, 3.05) is 13.4 Å². The second-order valence-corrected chi connectivity index (χ2v) is 2.24. The van der Waals surface area contributed by atoms with Crippen molar-refractivity contribution in [1.82, 2.24) is 0 Å². The van der Waals surface area contributed by atoms with Gasteiger partial charge in [0.2, 0.25) is 0 Å². The van der Waals surface area contributed by atoms with Crippen LogP contribution in [0.4, 0.5) is 0 Å². The van der Waals surface area contributed by atoms with E-state index >= 15 is 0 Å². The molecule has 9 heavy (non-hydrogen) atoms. The molecule has 0 spiro atoms. The van der Waals surface area contributed by atoms with Crippen molar-refractivity contribution in [3.63, 3.8) is 0 Å². The van der Waals surface area contributed by atoms with Gasteiger partial charge in [0.15, 0.2) is 0 Å². The predicted octanol–water partition coefficient (Wildman–Crippen LogP) is 1.60. The maximum absolute atomic E-state index is 10.6. The Morgan fingerprint density at radius 1 is 1.78 bits per heavy atom. The van der Waals surface area contributed by atoms with Gasteiger partial charge in [0, 0.05) is 5.54 Å². The summed E-state index contributed by atoms with van der Waals surface area (Å²) in [4.78, 5) is 11.0. The van der Waals surface area contributed by atoms with Gasteiger partial charge in [-0.25, -0.2) is 4.79 Å². The Kier molecular flexibility index (Phi) is 4.62. The number of hydrogen-bond donors (Lipinski definition) is 0. The summed E-state index contributed by atoms with van der Waals surface area (Å²) in [6, 6.07) is 0. The quantitative estimate of drug-likeness (QED) is 0.461. The third kappa shape index (κ3) is 2.77. The minimum absolute atomic E-state index is 0.391. The first-order valence-corrected chi connectivity index (χ1v) is 3.85. The Labute approximate surface area is 63.2 Å². The lowest BCUT2D eigenvalue weighted by molar-refractivity contribution is -0.135. The van der Waals surface area contributed by atoms with E-state index in [1.807, 2.05) is 0 Å². The molecule has 0 aromatic heterocycles. The standard InChI is InChI=1S/C5H7ClO2S/c1-8-5(7)4(3-6)9-2/h3H,1-2H3. The van der Waals surface area contributed by atoms with E-state index in [2.05, 4.69) is 4.74 Å². The number of carbonyl (C=O) groups is 1. The Balaban J connectivity index is 3.97. The molecule has 0 fully saturated rings. The highest BCUT2D eigenvalue weighted by Gasteiger charge is 2.05. The van der Waals surface area contributed by atoms with Crippen LogP contribution in [0.15, 0.2) is 10.4 Å². The third-order valence-corrected chi connectivity index (χ3v) is 1.78. The van der Waals surface area contributed by atoms with Crippen LogP contribution in [0.5, 0.6) is 0 Å². The summed E-state index contributed by atoms with van der Waals surface area (Å²) < 4.78 is 4.38. The van der Waals surface area contributed by atoms with Gasteiger partial charge in [-0.3, -0.25) is 0 Å². The minimum atomic E-state index is -0.391. The molecule has 0 aromatic rings. The highest BCUT2D eigenvalue weighted by molar-refractivity contribution is 8.03. The largest absolute Gasteiger partial charge is 0.465 e. The molecule has 0 unspecified atom stereocenters. The predicted molar refractivity (Wildman–Crippen MR) is 39.5 cm³/mol. The molecule has 0 amide bonds. The summed E-state index contributed by atoms with van der Waals surface area (Å²) in [6.07, 6.45) is 1.76. The fraction of sp³-hybridized carbons (Fsp3) is 0.400. The van der Waals surface area contributed by atoms with Gasteiger partial charge in [-0.2, -0.15) is 0 Å². The molecular formula is C5H7ClO2S. The lowest BCUT2D eigenvalue weighted by atomic mass is 10.6. The second kappa shape index (κ2) is 4.70. The fourth-order valence-corrected chi connectivity index (χ4v) is 0.968. The lowest BCUT2D eigenvalue weighted by Crippen LogP contribution is -2.00. The van der Waals surface area contributed by atoms with Gasteiger partial charge in [-0.05, 0) is 6.26 Å². The van der Waals surface area contributed by atoms with Gasteiger partial charge in [0.05, 0.1) is 7.11 Å². The molecular weight excluding hydrogens is 160 g/mol. The van der Waals surface area contributed by atoms with Crippen molar-refractivity contribution in [1.29, 1.82) is 0 Å². The lowest BCUT2D eigenvalue weighted by Gasteiger charge is -1.96. The Morgan fingerprint density at radius 3 is 2.44 bits per heavy atom. The number of rotatable bonds is 2. The van der Waals surface area contributed by atoms with E-state index < -0.39 is 5.97 Å². The number of hydrogen-bond acceptors (Lipinski definition) is 3. The van der Waals surface area contributed by atoms with Crippen LogP contribution in [0, 0.1) is 0 Å². The molecule has 0 rings (SSSR count). The van der Waals surface area contributed by atoms with E-state index in [0.717, 1.165) is 0 Å². The smallest absolute Gasteiger partial charge is 0.345 e. The zero-order chi connectivity index (χ0) is 7.28. The number of halogens is 1. The summed E-state index contributed by atoms with van der Waals surface area (Å²) in [5.74, 6) is -0.391. The Morgan fingerprint density at radius 2 is 2.33 bits per heavy atom. The van der Waals surface area contributed by atoms with Crippen molar-refractivity contribution in [3.8, 4) is 0 Å². The van der Waals surface area contributed by atoms with Gasteiger partial charge in [-0.1, -0.05) is 11.6 Å². The molecule has 0 radical (unpaired) electrons. The number of esters is 1. The van der Waals surface area contributed by atoms with Crippen LogP contribution in [-0.2, 0) is 9.53 Å². The van der Waals surface area contributed by atoms with Gasteiger partial charge >= 0.3 is 5.97 Å². The first-order valence-electron chi connectivity index (χ1n) is 2.19. The van der Waals surface area contributed by atoms with Crippen molar-refractivity contribution >= 4 is 29.3 Å².